The van der Waals surface area contributed by atoms with Crippen LogP contribution in [0.15, 0.2) is 24.5 Å². The van der Waals surface area contributed by atoms with Gasteiger partial charge in [-0.25, -0.2) is 9.97 Å². The Bertz CT molecular complexity index is 484. The third kappa shape index (κ3) is 3.17. The van der Waals surface area contributed by atoms with Gasteiger partial charge in [-0.2, -0.15) is 0 Å². The predicted molar refractivity (Wildman–Crippen MR) is 69.6 cm³/mol. The summed E-state index contributed by atoms with van der Waals surface area (Å²) in [6.45, 7) is 2.95. The molecular formula is C12H15N3OS. The maximum absolute atomic E-state index is 5.04. The van der Waals surface area contributed by atoms with Gasteiger partial charge in [0, 0.05) is 15.8 Å². The molecule has 1 N–H and O–H groups in total. The molecule has 0 aliphatic carbocycles. The fourth-order valence-electron chi connectivity index (χ4n) is 1.43. The highest BCUT2D eigenvalue weighted by molar-refractivity contribution is 7.12. The molecule has 0 atom stereocenters. The number of aryl methyl sites for hydroxylation is 1. The second-order valence-corrected chi connectivity index (χ2v) is 4.77. The maximum atomic E-state index is 5.04. The minimum atomic E-state index is 0.572. The molecule has 90 valence electrons. The summed E-state index contributed by atoms with van der Waals surface area (Å²) in [6, 6.07) is 6.10. The molecule has 0 aliphatic heterocycles. The third-order valence-electron chi connectivity index (χ3n) is 2.36. The van der Waals surface area contributed by atoms with Gasteiger partial charge in [-0.1, -0.05) is 6.92 Å². The number of thiophene rings is 1. The van der Waals surface area contributed by atoms with Gasteiger partial charge >= 0.3 is 0 Å². The number of nitrogens with zero attached hydrogens (tertiary/aromatic N) is 2. The van der Waals surface area contributed by atoms with Crippen molar-refractivity contribution in [2.75, 3.05) is 12.4 Å². The molecular weight excluding hydrogens is 234 g/mol. The van der Waals surface area contributed by atoms with Crippen LogP contribution in [-0.2, 0) is 13.0 Å². The quantitative estimate of drug-likeness (QED) is 0.885. The van der Waals surface area contributed by atoms with Crippen molar-refractivity contribution in [3.63, 3.8) is 0 Å². The van der Waals surface area contributed by atoms with Gasteiger partial charge < -0.3 is 10.1 Å². The summed E-state index contributed by atoms with van der Waals surface area (Å²) in [5.41, 5.74) is 0. The average Bonchev–Trinajstić information content (AvgIpc) is 2.84. The first-order valence-electron chi connectivity index (χ1n) is 5.49. The van der Waals surface area contributed by atoms with Crippen LogP contribution >= 0.6 is 11.3 Å². The SMILES string of the molecule is CCc1ccc(CNc2cc(OC)ncn2)s1. The fraction of sp³-hybridized carbons (Fsp3) is 0.333. The normalized spacial score (nSPS) is 10.2. The lowest BCUT2D eigenvalue weighted by Gasteiger charge is -2.04. The lowest BCUT2D eigenvalue weighted by Crippen LogP contribution is -2.00. The van der Waals surface area contributed by atoms with Crippen LogP contribution in [0.2, 0.25) is 0 Å². The number of hydrogen-bond acceptors (Lipinski definition) is 5. The van der Waals surface area contributed by atoms with E-state index in [9.17, 15) is 0 Å². The standard InChI is InChI=1S/C12H15N3OS/c1-3-9-4-5-10(17-9)7-13-11-6-12(16-2)15-8-14-11/h4-6,8H,3,7H2,1-2H3,(H,13,14,15). The Balaban J connectivity index is 1.96. The highest BCUT2D eigenvalue weighted by Gasteiger charge is 2.01. The molecule has 2 aromatic rings. The molecule has 0 spiro atoms. The van der Waals surface area contributed by atoms with Crippen LogP contribution in [0.5, 0.6) is 5.88 Å². The molecule has 0 aromatic carbocycles. The van der Waals surface area contributed by atoms with Crippen LogP contribution in [0.3, 0.4) is 0 Å². The highest BCUT2D eigenvalue weighted by Crippen LogP contribution is 2.18. The largest absolute Gasteiger partial charge is 0.481 e. The molecule has 0 saturated carbocycles. The van der Waals surface area contributed by atoms with Crippen molar-refractivity contribution in [2.24, 2.45) is 0 Å². The molecule has 0 fully saturated rings. The van der Waals surface area contributed by atoms with E-state index in [0.717, 1.165) is 18.8 Å². The Kier molecular flexibility index (Phi) is 3.93. The first-order valence-corrected chi connectivity index (χ1v) is 6.31. The van der Waals surface area contributed by atoms with Crippen molar-refractivity contribution >= 4 is 17.2 Å². The van der Waals surface area contributed by atoms with Gasteiger partial charge in [0.2, 0.25) is 5.88 Å². The minimum Gasteiger partial charge on any atom is -0.481 e. The summed E-state index contributed by atoms with van der Waals surface area (Å²) in [5.74, 6) is 1.35. The van der Waals surface area contributed by atoms with Crippen molar-refractivity contribution < 1.29 is 4.74 Å². The number of methoxy groups -OCH3 is 1. The van der Waals surface area contributed by atoms with Gasteiger partial charge in [0.15, 0.2) is 0 Å². The molecule has 0 aliphatic rings. The molecule has 0 amide bonds. The summed E-state index contributed by atoms with van der Waals surface area (Å²) < 4.78 is 5.04. The first-order chi connectivity index (χ1) is 8.31. The second-order valence-electron chi connectivity index (χ2n) is 3.52. The molecule has 2 heterocycles. The number of nitrogens with one attached hydrogen (secondary N) is 1. The molecule has 0 radical (unpaired) electrons. The third-order valence-corrected chi connectivity index (χ3v) is 3.59. The number of anilines is 1. The Hall–Kier alpha value is -1.62. The van der Waals surface area contributed by atoms with Crippen molar-refractivity contribution in [3.8, 4) is 5.88 Å². The van der Waals surface area contributed by atoms with Crippen LogP contribution < -0.4 is 10.1 Å². The molecule has 0 saturated heterocycles. The summed E-state index contributed by atoms with van der Waals surface area (Å²) in [5, 5.41) is 3.25. The van der Waals surface area contributed by atoms with Crippen molar-refractivity contribution in [3.05, 3.63) is 34.3 Å². The number of hydrogen-bond donors (Lipinski definition) is 1. The lowest BCUT2D eigenvalue weighted by atomic mass is 10.3. The summed E-state index contributed by atoms with van der Waals surface area (Å²) in [7, 11) is 1.60. The summed E-state index contributed by atoms with van der Waals surface area (Å²) >= 11 is 1.82. The zero-order valence-corrected chi connectivity index (χ0v) is 10.8. The first kappa shape index (κ1) is 11.9. The fourth-order valence-corrected chi connectivity index (χ4v) is 2.33. The van der Waals surface area contributed by atoms with Gasteiger partial charge in [0.25, 0.3) is 0 Å². The van der Waals surface area contributed by atoms with E-state index >= 15 is 0 Å². The minimum absolute atomic E-state index is 0.572. The second kappa shape index (κ2) is 5.63. The highest BCUT2D eigenvalue weighted by atomic mass is 32.1. The summed E-state index contributed by atoms with van der Waals surface area (Å²) in [4.78, 5) is 10.8. The molecule has 5 heteroatoms. The molecule has 2 aromatic heterocycles. The molecule has 0 bridgehead atoms. The van der Waals surface area contributed by atoms with E-state index in [-0.39, 0.29) is 0 Å². The number of rotatable bonds is 5. The molecule has 0 unspecified atom stereocenters. The average molecular weight is 249 g/mol. The molecule has 17 heavy (non-hydrogen) atoms. The van der Waals surface area contributed by atoms with Crippen molar-refractivity contribution in [2.45, 2.75) is 19.9 Å². The smallest absolute Gasteiger partial charge is 0.218 e. The number of ether oxygens (including phenoxy) is 1. The lowest BCUT2D eigenvalue weighted by molar-refractivity contribution is 0.397. The van der Waals surface area contributed by atoms with E-state index in [1.54, 1.807) is 13.2 Å². The van der Waals surface area contributed by atoms with Gasteiger partial charge in [0.1, 0.15) is 12.1 Å². The van der Waals surface area contributed by atoms with E-state index in [0.29, 0.717) is 5.88 Å². The Morgan fingerprint density at radius 2 is 2.12 bits per heavy atom. The van der Waals surface area contributed by atoms with Crippen LogP contribution in [0.1, 0.15) is 16.7 Å². The van der Waals surface area contributed by atoms with Gasteiger partial charge in [-0.3, -0.25) is 0 Å². The Labute approximate surface area is 105 Å². The van der Waals surface area contributed by atoms with E-state index in [1.165, 1.54) is 16.1 Å². The van der Waals surface area contributed by atoms with E-state index in [4.69, 9.17) is 4.74 Å². The van der Waals surface area contributed by atoms with E-state index in [2.05, 4.69) is 34.3 Å². The van der Waals surface area contributed by atoms with Crippen LogP contribution in [0.25, 0.3) is 0 Å². The van der Waals surface area contributed by atoms with Crippen molar-refractivity contribution in [1.82, 2.24) is 9.97 Å². The van der Waals surface area contributed by atoms with Crippen LogP contribution in [0.4, 0.5) is 5.82 Å². The Morgan fingerprint density at radius 1 is 1.29 bits per heavy atom. The summed E-state index contributed by atoms with van der Waals surface area (Å²) in [6.07, 6.45) is 2.58. The monoisotopic (exact) mass is 249 g/mol. The molecule has 2 rings (SSSR count). The predicted octanol–water partition coefficient (Wildman–Crippen LogP) is 2.72. The zero-order valence-electron chi connectivity index (χ0n) is 9.93. The van der Waals surface area contributed by atoms with E-state index in [1.807, 2.05) is 11.3 Å². The van der Waals surface area contributed by atoms with Gasteiger partial charge in [-0.15, -0.1) is 11.3 Å². The van der Waals surface area contributed by atoms with Gasteiger partial charge in [0.05, 0.1) is 13.7 Å². The Morgan fingerprint density at radius 3 is 2.82 bits per heavy atom. The van der Waals surface area contributed by atoms with Gasteiger partial charge in [-0.05, 0) is 18.6 Å². The van der Waals surface area contributed by atoms with E-state index < -0.39 is 0 Å². The van der Waals surface area contributed by atoms with Crippen molar-refractivity contribution in [1.29, 1.82) is 0 Å². The van der Waals surface area contributed by atoms with Crippen LogP contribution in [0, 0.1) is 0 Å². The maximum Gasteiger partial charge on any atom is 0.218 e. The zero-order chi connectivity index (χ0) is 12.1. The molecule has 4 nitrogen and oxygen atoms in total. The topological polar surface area (TPSA) is 47.0 Å². The van der Waals surface area contributed by atoms with Crippen LogP contribution in [-0.4, -0.2) is 17.1 Å². The number of aromatic nitrogens is 2.